The van der Waals surface area contributed by atoms with Crippen LogP contribution in [0.1, 0.15) is 32.8 Å². The van der Waals surface area contributed by atoms with Crippen LogP contribution in [0.15, 0.2) is 24.3 Å². The number of methoxy groups -OCH3 is 1. The van der Waals surface area contributed by atoms with Gasteiger partial charge in [0, 0.05) is 5.92 Å². The average Bonchev–Trinajstić information content (AvgIpc) is 2.51. The number of carboxylic acid groups (broad SMARTS) is 1. The van der Waals surface area contributed by atoms with Gasteiger partial charge in [0.1, 0.15) is 11.8 Å². The smallest absolute Gasteiger partial charge is 0.326 e. The van der Waals surface area contributed by atoms with Crippen LogP contribution in [-0.4, -0.2) is 30.1 Å². The molecule has 0 saturated carbocycles. The fraction of sp³-hybridized carbons (Fsp3) is 0.529. The van der Waals surface area contributed by atoms with E-state index in [-0.39, 0.29) is 17.7 Å². The van der Waals surface area contributed by atoms with E-state index in [1.165, 1.54) is 0 Å². The maximum Gasteiger partial charge on any atom is 0.326 e. The van der Waals surface area contributed by atoms with Gasteiger partial charge in [0.05, 0.1) is 7.11 Å². The monoisotopic (exact) mass is 307 g/mol. The third kappa shape index (κ3) is 5.06. The lowest BCUT2D eigenvalue weighted by molar-refractivity contribution is -0.143. The van der Waals surface area contributed by atoms with Gasteiger partial charge in [0.2, 0.25) is 5.91 Å². The van der Waals surface area contributed by atoms with E-state index in [0.29, 0.717) is 12.8 Å². The van der Waals surface area contributed by atoms with E-state index < -0.39 is 12.0 Å². The van der Waals surface area contributed by atoms with Crippen molar-refractivity contribution in [2.24, 2.45) is 11.8 Å². The molecule has 0 bridgehead atoms. The van der Waals surface area contributed by atoms with Crippen molar-refractivity contribution in [3.63, 3.8) is 0 Å². The molecule has 1 aromatic carbocycles. The molecule has 22 heavy (non-hydrogen) atoms. The molecule has 122 valence electrons. The molecule has 1 rings (SSSR count). The summed E-state index contributed by atoms with van der Waals surface area (Å²) in [6.07, 6.45) is 1.26. The summed E-state index contributed by atoms with van der Waals surface area (Å²) in [5.41, 5.74) is 1.01. The molecule has 5 nitrogen and oxygen atoms in total. The lowest BCUT2D eigenvalue weighted by Gasteiger charge is -2.22. The van der Waals surface area contributed by atoms with E-state index >= 15 is 0 Å². The van der Waals surface area contributed by atoms with E-state index in [2.05, 4.69) is 5.32 Å². The summed E-state index contributed by atoms with van der Waals surface area (Å²) in [5, 5.41) is 11.9. The minimum atomic E-state index is -0.987. The molecule has 0 saturated heterocycles. The molecule has 0 aliphatic rings. The molecule has 0 radical (unpaired) electrons. The molecular formula is C17H25NO4. The first-order chi connectivity index (χ1) is 10.4. The van der Waals surface area contributed by atoms with E-state index in [0.717, 1.165) is 11.3 Å². The van der Waals surface area contributed by atoms with Crippen molar-refractivity contribution in [1.29, 1.82) is 0 Å². The van der Waals surface area contributed by atoms with Gasteiger partial charge in [-0.1, -0.05) is 39.3 Å². The molecule has 0 aliphatic carbocycles. The van der Waals surface area contributed by atoms with Gasteiger partial charge >= 0.3 is 5.97 Å². The predicted molar refractivity (Wildman–Crippen MR) is 84.9 cm³/mol. The SMILES string of the molecule is CCC(C)C(NC(=O)C(C)Cc1ccc(OC)cc1)C(=O)O. The zero-order chi connectivity index (χ0) is 16.7. The van der Waals surface area contributed by atoms with Crippen molar-refractivity contribution < 1.29 is 19.4 Å². The van der Waals surface area contributed by atoms with Crippen LogP contribution < -0.4 is 10.1 Å². The first-order valence-electron chi connectivity index (χ1n) is 7.55. The number of aliphatic carboxylic acids is 1. The largest absolute Gasteiger partial charge is 0.497 e. The highest BCUT2D eigenvalue weighted by Crippen LogP contribution is 2.15. The summed E-state index contributed by atoms with van der Waals surface area (Å²) in [6, 6.07) is 6.67. The number of carbonyl (C=O) groups excluding carboxylic acids is 1. The first-order valence-corrected chi connectivity index (χ1v) is 7.55. The molecule has 0 spiro atoms. The van der Waals surface area contributed by atoms with Crippen molar-refractivity contribution in [2.75, 3.05) is 7.11 Å². The zero-order valence-electron chi connectivity index (χ0n) is 13.6. The molecular weight excluding hydrogens is 282 g/mol. The van der Waals surface area contributed by atoms with Crippen molar-refractivity contribution in [3.05, 3.63) is 29.8 Å². The van der Waals surface area contributed by atoms with Gasteiger partial charge in [-0.25, -0.2) is 4.79 Å². The Bertz CT molecular complexity index is 498. The van der Waals surface area contributed by atoms with Crippen LogP contribution in [0.25, 0.3) is 0 Å². The highest BCUT2D eigenvalue weighted by molar-refractivity contribution is 5.85. The highest BCUT2D eigenvalue weighted by Gasteiger charge is 2.27. The Morgan fingerprint density at radius 2 is 1.82 bits per heavy atom. The number of carbonyl (C=O) groups is 2. The van der Waals surface area contributed by atoms with Crippen molar-refractivity contribution in [3.8, 4) is 5.75 Å². The van der Waals surface area contributed by atoms with Crippen LogP contribution in [0.2, 0.25) is 0 Å². The Kier molecular flexibility index (Phi) is 6.89. The van der Waals surface area contributed by atoms with Crippen LogP contribution in [0.5, 0.6) is 5.75 Å². The van der Waals surface area contributed by atoms with Gasteiger partial charge in [-0.05, 0) is 30.0 Å². The molecule has 1 amide bonds. The summed E-state index contributed by atoms with van der Waals surface area (Å²) in [4.78, 5) is 23.5. The first kappa shape index (κ1) is 18.0. The van der Waals surface area contributed by atoms with Gasteiger partial charge in [-0.3, -0.25) is 4.79 Å². The number of hydrogen-bond donors (Lipinski definition) is 2. The van der Waals surface area contributed by atoms with Crippen LogP contribution >= 0.6 is 0 Å². The Hall–Kier alpha value is -2.04. The molecule has 0 aromatic heterocycles. The average molecular weight is 307 g/mol. The molecule has 3 atom stereocenters. The molecule has 0 fully saturated rings. The Morgan fingerprint density at radius 3 is 2.27 bits per heavy atom. The van der Waals surface area contributed by atoms with Gasteiger partial charge in [-0.15, -0.1) is 0 Å². The van der Waals surface area contributed by atoms with Crippen molar-refractivity contribution in [2.45, 2.75) is 39.7 Å². The van der Waals surface area contributed by atoms with Crippen molar-refractivity contribution in [1.82, 2.24) is 5.32 Å². The Balaban J connectivity index is 2.65. The summed E-state index contributed by atoms with van der Waals surface area (Å²) in [7, 11) is 1.60. The van der Waals surface area contributed by atoms with Crippen LogP contribution in [-0.2, 0) is 16.0 Å². The summed E-state index contributed by atoms with van der Waals surface area (Å²) in [5.74, 6) is -0.847. The number of nitrogens with one attached hydrogen (secondary N) is 1. The number of hydrogen-bond acceptors (Lipinski definition) is 3. The number of benzene rings is 1. The maximum absolute atomic E-state index is 12.2. The quantitative estimate of drug-likeness (QED) is 0.773. The van der Waals surface area contributed by atoms with Gasteiger partial charge in [0.15, 0.2) is 0 Å². The summed E-state index contributed by atoms with van der Waals surface area (Å²) >= 11 is 0. The molecule has 5 heteroatoms. The van der Waals surface area contributed by atoms with E-state index in [4.69, 9.17) is 4.74 Å². The minimum absolute atomic E-state index is 0.102. The lowest BCUT2D eigenvalue weighted by atomic mass is 9.96. The topological polar surface area (TPSA) is 75.6 Å². The van der Waals surface area contributed by atoms with E-state index in [1.54, 1.807) is 14.0 Å². The number of rotatable bonds is 8. The summed E-state index contributed by atoms with van der Waals surface area (Å²) in [6.45, 7) is 5.54. The highest BCUT2D eigenvalue weighted by atomic mass is 16.5. The Labute approximate surface area is 131 Å². The van der Waals surface area contributed by atoms with Crippen LogP contribution in [0.3, 0.4) is 0 Å². The van der Waals surface area contributed by atoms with Gasteiger partial charge < -0.3 is 15.2 Å². The molecule has 0 aliphatic heterocycles. The van der Waals surface area contributed by atoms with Gasteiger partial charge in [0.25, 0.3) is 0 Å². The predicted octanol–water partition coefficient (Wildman–Crippen LogP) is 2.49. The second-order valence-corrected chi connectivity index (χ2v) is 5.66. The number of carboxylic acids is 1. The normalized spacial score (nSPS) is 14.7. The van der Waals surface area contributed by atoms with Crippen LogP contribution in [0.4, 0.5) is 0 Å². The number of amides is 1. The zero-order valence-corrected chi connectivity index (χ0v) is 13.6. The third-order valence-electron chi connectivity index (χ3n) is 3.93. The molecule has 3 unspecified atom stereocenters. The molecule has 0 heterocycles. The lowest BCUT2D eigenvalue weighted by Crippen LogP contribution is -2.47. The molecule has 2 N–H and O–H groups in total. The van der Waals surface area contributed by atoms with E-state index in [9.17, 15) is 14.7 Å². The fourth-order valence-corrected chi connectivity index (χ4v) is 2.19. The fourth-order valence-electron chi connectivity index (χ4n) is 2.19. The van der Waals surface area contributed by atoms with E-state index in [1.807, 2.05) is 38.1 Å². The maximum atomic E-state index is 12.2. The standard InChI is InChI=1S/C17H25NO4/c1-5-11(2)15(17(20)21)18-16(19)12(3)10-13-6-8-14(22-4)9-7-13/h6-9,11-12,15H,5,10H2,1-4H3,(H,18,19)(H,20,21). The summed E-state index contributed by atoms with van der Waals surface area (Å²) < 4.78 is 5.09. The van der Waals surface area contributed by atoms with Crippen LogP contribution in [0, 0.1) is 11.8 Å². The second kappa shape index (κ2) is 8.41. The second-order valence-electron chi connectivity index (χ2n) is 5.66. The Morgan fingerprint density at radius 1 is 1.23 bits per heavy atom. The minimum Gasteiger partial charge on any atom is -0.497 e. The molecule has 1 aromatic rings. The third-order valence-corrected chi connectivity index (χ3v) is 3.93. The number of ether oxygens (including phenoxy) is 1. The van der Waals surface area contributed by atoms with Gasteiger partial charge in [-0.2, -0.15) is 0 Å². The van der Waals surface area contributed by atoms with Crippen molar-refractivity contribution >= 4 is 11.9 Å².